The first-order valence-corrected chi connectivity index (χ1v) is 11.2. The van der Waals surface area contributed by atoms with E-state index in [1.54, 1.807) is 6.20 Å². The summed E-state index contributed by atoms with van der Waals surface area (Å²) in [5.41, 5.74) is 4.59. The lowest BCUT2D eigenvalue weighted by Crippen LogP contribution is -2.26. The Labute approximate surface area is 186 Å². The normalized spacial score (nSPS) is 24.8. The predicted molar refractivity (Wildman–Crippen MR) is 118 cm³/mol. The van der Waals surface area contributed by atoms with Gasteiger partial charge in [-0.3, -0.25) is 9.36 Å². The summed E-state index contributed by atoms with van der Waals surface area (Å²) in [5, 5.41) is 13.6. The van der Waals surface area contributed by atoms with Crippen LogP contribution in [0.5, 0.6) is 0 Å². The van der Waals surface area contributed by atoms with Crippen LogP contribution in [0.2, 0.25) is 0 Å². The molecule has 4 aromatic rings. The van der Waals surface area contributed by atoms with Gasteiger partial charge in [0.15, 0.2) is 5.79 Å². The summed E-state index contributed by atoms with van der Waals surface area (Å²) in [5.74, 6) is 0.131. The van der Waals surface area contributed by atoms with E-state index in [9.17, 15) is 0 Å². The standard InChI is InChI=1S/C23H27N7O2/c1-15-4-5-20(15)29-11-17(9-26-29)22-21-6-7-24-30(21)13-19(27-22)16-8-25-28(10-16)12-18-14-31-23(2,3)32-18/h6-11,13,15,18,20H,4-5,12,14H2,1-3H3/t15-,18-,20+/m1/s1. The predicted octanol–water partition coefficient (Wildman–Crippen LogP) is 3.58. The van der Waals surface area contributed by atoms with Crippen LogP contribution in [0, 0.1) is 5.92 Å². The van der Waals surface area contributed by atoms with E-state index >= 15 is 0 Å². The molecule has 0 spiro atoms. The van der Waals surface area contributed by atoms with E-state index in [0.29, 0.717) is 25.1 Å². The van der Waals surface area contributed by atoms with E-state index in [1.807, 2.05) is 53.9 Å². The van der Waals surface area contributed by atoms with Crippen molar-refractivity contribution in [2.24, 2.45) is 5.92 Å². The smallest absolute Gasteiger partial charge is 0.163 e. The zero-order valence-corrected chi connectivity index (χ0v) is 18.5. The van der Waals surface area contributed by atoms with Crippen LogP contribution in [-0.2, 0) is 16.0 Å². The zero-order chi connectivity index (χ0) is 21.9. The van der Waals surface area contributed by atoms with Crippen LogP contribution in [0.1, 0.15) is 39.7 Å². The second-order valence-corrected chi connectivity index (χ2v) is 9.37. The molecule has 1 aliphatic carbocycles. The molecule has 2 fully saturated rings. The number of fused-ring (bicyclic) bond motifs is 1. The van der Waals surface area contributed by atoms with E-state index < -0.39 is 5.79 Å². The first-order chi connectivity index (χ1) is 15.4. The molecule has 1 aliphatic heterocycles. The second-order valence-electron chi connectivity index (χ2n) is 9.37. The van der Waals surface area contributed by atoms with Gasteiger partial charge in [-0.1, -0.05) is 6.92 Å². The molecule has 9 nitrogen and oxygen atoms in total. The molecule has 5 heterocycles. The quantitative estimate of drug-likeness (QED) is 0.478. The third kappa shape index (κ3) is 3.41. The SMILES string of the molecule is C[C@@H]1CC[C@@H]1n1cc(-c2nc(-c3cnn(C[C@@H]4COC(C)(C)O4)c3)cn3nccc23)cn1. The Morgan fingerprint density at radius 2 is 1.94 bits per heavy atom. The minimum Gasteiger partial charge on any atom is -0.348 e. The van der Waals surface area contributed by atoms with Crippen LogP contribution in [0.3, 0.4) is 0 Å². The van der Waals surface area contributed by atoms with Crippen molar-refractivity contribution < 1.29 is 9.47 Å². The molecule has 166 valence electrons. The van der Waals surface area contributed by atoms with Crippen LogP contribution in [0.25, 0.3) is 28.0 Å². The number of hydrogen-bond donors (Lipinski definition) is 0. The van der Waals surface area contributed by atoms with E-state index in [-0.39, 0.29) is 6.10 Å². The number of aromatic nitrogens is 7. The summed E-state index contributed by atoms with van der Waals surface area (Å²) in [6, 6.07) is 2.47. The molecule has 0 aromatic carbocycles. The van der Waals surface area contributed by atoms with Crippen molar-refractivity contribution in [1.29, 1.82) is 0 Å². The van der Waals surface area contributed by atoms with Crippen molar-refractivity contribution in [1.82, 2.24) is 34.2 Å². The first-order valence-electron chi connectivity index (χ1n) is 11.2. The fourth-order valence-corrected chi connectivity index (χ4v) is 4.62. The van der Waals surface area contributed by atoms with Gasteiger partial charge in [0.05, 0.1) is 60.9 Å². The fourth-order valence-electron chi connectivity index (χ4n) is 4.62. The summed E-state index contributed by atoms with van der Waals surface area (Å²) in [7, 11) is 0. The van der Waals surface area contributed by atoms with Crippen molar-refractivity contribution in [3.8, 4) is 22.5 Å². The van der Waals surface area contributed by atoms with Gasteiger partial charge in [-0.05, 0) is 38.7 Å². The number of rotatable bonds is 5. The third-order valence-corrected chi connectivity index (χ3v) is 6.57. The molecule has 32 heavy (non-hydrogen) atoms. The molecule has 0 radical (unpaired) electrons. The summed E-state index contributed by atoms with van der Waals surface area (Å²) < 4.78 is 17.4. The molecule has 9 heteroatoms. The lowest BCUT2D eigenvalue weighted by molar-refractivity contribution is -0.139. The molecule has 3 atom stereocenters. The molecule has 0 unspecified atom stereocenters. The van der Waals surface area contributed by atoms with Crippen LogP contribution in [0.4, 0.5) is 0 Å². The highest BCUT2D eigenvalue weighted by molar-refractivity contribution is 5.78. The molecule has 0 N–H and O–H groups in total. The van der Waals surface area contributed by atoms with E-state index in [1.165, 1.54) is 12.8 Å². The van der Waals surface area contributed by atoms with Gasteiger partial charge in [0.2, 0.25) is 0 Å². The average molecular weight is 434 g/mol. The Kier molecular flexibility index (Phi) is 4.44. The van der Waals surface area contributed by atoms with E-state index in [0.717, 1.165) is 28.0 Å². The highest BCUT2D eigenvalue weighted by Gasteiger charge is 2.33. The van der Waals surface area contributed by atoms with Crippen molar-refractivity contribution >= 4 is 5.52 Å². The Morgan fingerprint density at radius 3 is 2.69 bits per heavy atom. The topological polar surface area (TPSA) is 84.3 Å². The summed E-state index contributed by atoms with van der Waals surface area (Å²) >= 11 is 0. The zero-order valence-electron chi connectivity index (χ0n) is 18.5. The minimum atomic E-state index is -0.538. The van der Waals surface area contributed by atoms with Gasteiger partial charge in [-0.25, -0.2) is 9.50 Å². The largest absolute Gasteiger partial charge is 0.348 e. The van der Waals surface area contributed by atoms with Gasteiger partial charge in [-0.2, -0.15) is 15.3 Å². The van der Waals surface area contributed by atoms with Crippen LogP contribution < -0.4 is 0 Å². The van der Waals surface area contributed by atoms with Gasteiger partial charge in [0.1, 0.15) is 6.10 Å². The van der Waals surface area contributed by atoms with E-state index in [4.69, 9.17) is 14.5 Å². The molecule has 6 rings (SSSR count). The molecular formula is C23H27N7O2. The van der Waals surface area contributed by atoms with Crippen LogP contribution >= 0.6 is 0 Å². The van der Waals surface area contributed by atoms with Crippen molar-refractivity contribution in [2.45, 2.75) is 58.1 Å². The average Bonchev–Trinajstić information content (AvgIpc) is 3.53. The fraction of sp³-hybridized carbons (Fsp3) is 0.478. The maximum absolute atomic E-state index is 5.91. The summed E-state index contributed by atoms with van der Waals surface area (Å²) in [6.45, 7) is 7.34. The molecule has 1 saturated heterocycles. The number of nitrogens with zero attached hydrogens (tertiary/aromatic N) is 7. The van der Waals surface area contributed by atoms with Crippen molar-refractivity contribution in [3.05, 3.63) is 43.2 Å². The Hall–Kier alpha value is -3.04. The molecule has 1 saturated carbocycles. The van der Waals surface area contributed by atoms with Gasteiger partial charge >= 0.3 is 0 Å². The van der Waals surface area contributed by atoms with Gasteiger partial charge in [0, 0.05) is 23.5 Å². The summed E-state index contributed by atoms with van der Waals surface area (Å²) in [4.78, 5) is 4.99. The maximum atomic E-state index is 5.91. The van der Waals surface area contributed by atoms with Crippen LogP contribution in [0.15, 0.2) is 43.2 Å². The Bertz CT molecular complexity index is 1270. The van der Waals surface area contributed by atoms with E-state index in [2.05, 4.69) is 33.1 Å². The molecule has 0 bridgehead atoms. The summed E-state index contributed by atoms with van der Waals surface area (Å²) in [6.07, 6.45) is 14.0. The minimum absolute atomic E-state index is 0.0189. The third-order valence-electron chi connectivity index (χ3n) is 6.57. The molecule has 2 aliphatic rings. The second kappa shape index (κ2) is 7.25. The first kappa shape index (κ1) is 19.6. The molecular weight excluding hydrogens is 406 g/mol. The highest BCUT2D eigenvalue weighted by Crippen LogP contribution is 2.38. The van der Waals surface area contributed by atoms with Gasteiger partial charge in [0.25, 0.3) is 0 Å². The molecule has 0 amide bonds. The number of hydrogen-bond acceptors (Lipinski definition) is 6. The lowest BCUT2D eigenvalue weighted by atomic mass is 9.81. The Morgan fingerprint density at radius 1 is 1.06 bits per heavy atom. The lowest BCUT2D eigenvalue weighted by Gasteiger charge is -2.33. The molecule has 4 aromatic heterocycles. The Balaban J connectivity index is 1.31. The van der Waals surface area contributed by atoms with Crippen molar-refractivity contribution in [2.75, 3.05) is 6.61 Å². The maximum Gasteiger partial charge on any atom is 0.163 e. The van der Waals surface area contributed by atoms with Crippen LogP contribution in [-0.4, -0.2) is 52.7 Å². The van der Waals surface area contributed by atoms with Gasteiger partial charge in [-0.15, -0.1) is 0 Å². The monoisotopic (exact) mass is 433 g/mol. The highest BCUT2D eigenvalue weighted by atomic mass is 16.7. The van der Waals surface area contributed by atoms with Crippen molar-refractivity contribution in [3.63, 3.8) is 0 Å². The van der Waals surface area contributed by atoms with Gasteiger partial charge < -0.3 is 9.47 Å². The number of ether oxygens (including phenoxy) is 2.